The zero-order valence-electron chi connectivity index (χ0n) is 11.3. The number of aliphatic hydroxyl groups is 1. The smallest absolute Gasteiger partial charge is 0.309 e. The number of esters is 1. The molecule has 0 radical (unpaired) electrons. The summed E-state index contributed by atoms with van der Waals surface area (Å²) in [6.45, 7) is 6.10. The number of hydrogen-bond acceptors (Lipinski definition) is 5. The van der Waals surface area contributed by atoms with Crippen molar-refractivity contribution in [1.29, 1.82) is 0 Å². The molecule has 1 N–H and O–H groups in total. The van der Waals surface area contributed by atoms with Crippen LogP contribution < -0.4 is 0 Å². The van der Waals surface area contributed by atoms with Gasteiger partial charge in [-0.2, -0.15) is 0 Å². The topological polar surface area (TPSA) is 59.0 Å². The first-order valence-electron chi connectivity index (χ1n) is 6.03. The summed E-state index contributed by atoms with van der Waals surface area (Å²) in [5.74, 6) is -0.398. The zero-order chi connectivity index (χ0) is 13.3. The van der Waals surface area contributed by atoms with Crippen molar-refractivity contribution in [2.45, 2.75) is 26.4 Å². The molecule has 17 heavy (non-hydrogen) atoms. The lowest BCUT2D eigenvalue weighted by Gasteiger charge is -2.22. The van der Waals surface area contributed by atoms with Crippen molar-refractivity contribution >= 4 is 5.97 Å². The number of methoxy groups -OCH3 is 1. The van der Waals surface area contributed by atoms with E-state index in [4.69, 9.17) is 4.74 Å². The van der Waals surface area contributed by atoms with E-state index in [1.54, 1.807) is 0 Å². The van der Waals surface area contributed by atoms with Crippen molar-refractivity contribution in [3.8, 4) is 0 Å². The van der Waals surface area contributed by atoms with Gasteiger partial charge in [0.25, 0.3) is 0 Å². The molecule has 5 heteroatoms. The van der Waals surface area contributed by atoms with Gasteiger partial charge in [0.1, 0.15) is 0 Å². The Morgan fingerprint density at radius 3 is 2.59 bits per heavy atom. The van der Waals surface area contributed by atoms with Gasteiger partial charge in [0.2, 0.25) is 0 Å². The first kappa shape index (κ1) is 16.4. The highest BCUT2D eigenvalue weighted by Gasteiger charge is 2.17. The van der Waals surface area contributed by atoms with Crippen LogP contribution in [0.2, 0.25) is 0 Å². The average Bonchev–Trinajstić information content (AvgIpc) is 2.27. The SMILES string of the molecule is CCOCCC(O)CN(C)CC(C)C(=O)OC. The summed E-state index contributed by atoms with van der Waals surface area (Å²) in [6.07, 6.45) is 0.196. The summed E-state index contributed by atoms with van der Waals surface area (Å²) in [5, 5.41) is 9.72. The Morgan fingerprint density at radius 2 is 2.06 bits per heavy atom. The first-order chi connectivity index (χ1) is 8.01. The third-order valence-corrected chi connectivity index (χ3v) is 2.51. The highest BCUT2D eigenvalue weighted by Crippen LogP contribution is 2.03. The molecule has 0 heterocycles. The number of carbonyl (C=O) groups is 1. The van der Waals surface area contributed by atoms with Crippen molar-refractivity contribution in [3.63, 3.8) is 0 Å². The van der Waals surface area contributed by atoms with E-state index in [2.05, 4.69) is 4.74 Å². The van der Waals surface area contributed by atoms with E-state index in [1.165, 1.54) is 7.11 Å². The van der Waals surface area contributed by atoms with Crippen molar-refractivity contribution in [3.05, 3.63) is 0 Å². The van der Waals surface area contributed by atoms with Gasteiger partial charge in [-0.1, -0.05) is 6.92 Å². The number of carbonyl (C=O) groups excluding carboxylic acids is 1. The van der Waals surface area contributed by atoms with Gasteiger partial charge in [-0.05, 0) is 20.4 Å². The van der Waals surface area contributed by atoms with Gasteiger partial charge in [-0.3, -0.25) is 4.79 Å². The van der Waals surface area contributed by atoms with E-state index in [9.17, 15) is 9.90 Å². The molecule has 0 fully saturated rings. The van der Waals surface area contributed by atoms with Crippen LogP contribution in [0.5, 0.6) is 0 Å². The third-order valence-electron chi connectivity index (χ3n) is 2.51. The second-order valence-corrected chi connectivity index (χ2v) is 4.28. The third kappa shape index (κ3) is 8.12. The van der Waals surface area contributed by atoms with Gasteiger partial charge < -0.3 is 19.5 Å². The fraction of sp³-hybridized carbons (Fsp3) is 0.917. The molecule has 0 aliphatic heterocycles. The highest BCUT2D eigenvalue weighted by molar-refractivity contribution is 5.71. The first-order valence-corrected chi connectivity index (χ1v) is 6.03. The number of likely N-dealkylation sites (N-methyl/N-ethyl adjacent to an activating group) is 1. The average molecular weight is 247 g/mol. The molecule has 0 aromatic carbocycles. The molecule has 2 atom stereocenters. The molecule has 0 rings (SSSR count). The van der Waals surface area contributed by atoms with E-state index >= 15 is 0 Å². The summed E-state index contributed by atoms with van der Waals surface area (Å²) in [6, 6.07) is 0. The molecule has 2 unspecified atom stereocenters. The maximum atomic E-state index is 11.2. The highest BCUT2D eigenvalue weighted by atomic mass is 16.5. The molecule has 0 aromatic heterocycles. The molecule has 0 amide bonds. The van der Waals surface area contributed by atoms with Crippen LogP contribution in [0.15, 0.2) is 0 Å². The standard InChI is InChI=1S/C12H25NO4/c1-5-17-7-6-11(14)9-13(3)8-10(2)12(15)16-4/h10-11,14H,5-9H2,1-4H3. The fourth-order valence-corrected chi connectivity index (χ4v) is 1.63. The summed E-state index contributed by atoms with van der Waals surface area (Å²) in [4.78, 5) is 13.1. The molecule has 5 nitrogen and oxygen atoms in total. The minimum Gasteiger partial charge on any atom is -0.469 e. The Labute approximate surface area is 104 Å². The van der Waals surface area contributed by atoms with Crippen molar-refractivity contribution < 1.29 is 19.4 Å². The van der Waals surface area contributed by atoms with E-state index in [0.29, 0.717) is 32.7 Å². The lowest BCUT2D eigenvalue weighted by Crippen LogP contribution is -2.35. The summed E-state index contributed by atoms with van der Waals surface area (Å²) in [7, 11) is 3.26. The molecule has 0 bridgehead atoms. The predicted molar refractivity (Wildman–Crippen MR) is 65.8 cm³/mol. The maximum Gasteiger partial charge on any atom is 0.309 e. The van der Waals surface area contributed by atoms with E-state index < -0.39 is 6.10 Å². The minimum atomic E-state index is -0.420. The molecule has 0 spiro atoms. The molecule has 102 valence electrons. The normalized spacial score (nSPS) is 14.7. The second-order valence-electron chi connectivity index (χ2n) is 4.28. The number of ether oxygens (including phenoxy) is 2. The van der Waals surface area contributed by atoms with Crippen LogP contribution in [-0.4, -0.2) is 62.5 Å². The molecule has 0 aromatic rings. The Bertz CT molecular complexity index is 211. The van der Waals surface area contributed by atoms with Crippen molar-refractivity contribution in [2.75, 3.05) is 40.5 Å². The van der Waals surface area contributed by atoms with Crippen molar-refractivity contribution in [2.24, 2.45) is 5.92 Å². The maximum absolute atomic E-state index is 11.2. The fourth-order valence-electron chi connectivity index (χ4n) is 1.63. The largest absolute Gasteiger partial charge is 0.469 e. The van der Waals surface area contributed by atoms with Crippen LogP contribution in [0.3, 0.4) is 0 Å². The molecular weight excluding hydrogens is 222 g/mol. The van der Waals surface area contributed by atoms with Gasteiger partial charge in [0, 0.05) is 26.3 Å². The van der Waals surface area contributed by atoms with Gasteiger partial charge in [-0.15, -0.1) is 0 Å². The predicted octanol–water partition coefficient (Wildman–Crippen LogP) is 0.515. The van der Waals surface area contributed by atoms with Crippen LogP contribution in [0.25, 0.3) is 0 Å². The lowest BCUT2D eigenvalue weighted by atomic mass is 10.1. The monoisotopic (exact) mass is 247 g/mol. The summed E-state index contributed by atoms with van der Waals surface area (Å²) in [5.41, 5.74) is 0. The number of aliphatic hydroxyl groups excluding tert-OH is 1. The molecule has 0 aliphatic carbocycles. The summed E-state index contributed by atoms with van der Waals surface area (Å²) < 4.78 is 9.82. The molecule has 0 aliphatic rings. The van der Waals surface area contributed by atoms with Crippen LogP contribution in [0.1, 0.15) is 20.3 Å². The Morgan fingerprint density at radius 1 is 1.41 bits per heavy atom. The van der Waals surface area contributed by atoms with E-state index in [0.717, 1.165) is 0 Å². The van der Waals surface area contributed by atoms with Crippen LogP contribution in [0.4, 0.5) is 0 Å². The summed E-state index contributed by atoms with van der Waals surface area (Å²) >= 11 is 0. The van der Waals surface area contributed by atoms with Gasteiger partial charge in [-0.25, -0.2) is 0 Å². The van der Waals surface area contributed by atoms with Gasteiger partial charge in [0.05, 0.1) is 19.1 Å². The van der Waals surface area contributed by atoms with Crippen LogP contribution in [-0.2, 0) is 14.3 Å². The van der Waals surface area contributed by atoms with Gasteiger partial charge in [0.15, 0.2) is 0 Å². The molecule has 0 saturated heterocycles. The Kier molecular flexibility index (Phi) is 9.03. The second kappa shape index (κ2) is 9.39. The number of rotatable bonds is 9. The van der Waals surface area contributed by atoms with Gasteiger partial charge >= 0.3 is 5.97 Å². The van der Waals surface area contributed by atoms with Crippen LogP contribution in [0, 0.1) is 5.92 Å². The molecular formula is C12H25NO4. The van der Waals surface area contributed by atoms with E-state index in [-0.39, 0.29) is 11.9 Å². The number of nitrogens with zero attached hydrogens (tertiary/aromatic N) is 1. The Hall–Kier alpha value is -0.650. The number of hydrogen-bond donors (Lipinski definition) is 1. The Balaban J connectivity index is 3.76. The minimum absolute atomic E-state index is 0.177. The lowest BCUT2D eigenvalue weighted by molar-refractivity contribution is -0.145. The quantitative estimate of drug-likeness (QED) is 0.475. The zero-order valence-corrected chi connectivity index (χ0v) is 11.3. The molecule has 0 saturated carbocycles. The van der Waals surface area contributed by atoms with Crippen molar-refractivity contribution in [1.82, 2.24) is 4.90 Å². The van der Waals surface area contributed by atoms with Crippen LogP contribution >= 0.6 is 0 Å². The van der Waals surface area contributed by atoms with E-state index in [1.807, 2.05) is 25.8 Å².